The zero-order chi connectivity index (χ0) is 18.0. The minimum Gasteiger partial charge on any atom is -0.368 e. The fraction of sp³-hybridized carbons (Fsp3) is 0.500. The van der Waals surface area contributed by atoms with Crippen molar-refractivity contribution in [3.8, 4) is 0 Å². The number of aromatic nitrogens is 4. The number of rotatable bonds is 3. The number of nitrogens with zero attached hydrogens (tertiary/aromatic N) is 5. The summed E-state index contributed by atoms with van der Waals surface area (Å²) in [5.41, 5.74) is 1.01. The Hall–Kier alpha value is -2.45. The molecule has 0 atom stereocenters. The number of nitrogens with one attached hydrogen (secondary N) is 1. The number of halogens is 3. The molecule has 25 heavy (non-hydrogen) atoms. The van der Waals surface area contributed by atoms with Crippen LogP contribution in [0.1, 0.15) is 30.8 Å². The lowest BCUT2D eigenvalue weighted by molar-refractivity contribution is -0.141. The lowest BCUT2D eigenvalue weighted by Gasteiger charge is -2.21. The van der Waals surface area contributed by atoms with Crippen LogP contribution < -0.4 is 10.2 Å². The molecule has 0 aliphatic carbocycles. The van der Waals surface area contributed by atoms with E-state index in [0.29, 0.717) is 25.9 Å². The van der Waals surface area contributed by atoms with E-state index in [1.54, 1.807) is 0 Å². The molecule has 1 aliphatic rings. The lowest BCUT2D eigenvalue weighted by atomic mass is 10.1. The van der Waals surface area contributed by atoms with Gasteiger partial charge in [0.25, 0.3) is 0 Å². The Morgan fingerprint density at radius 3 is 2.48 bits per heavy atom. The lowest BCUT2D eigenvalue weighted by Crippen LogP contribution is -2.27. The first kappa shape index (κ1) is 17.4. The van der Waals surface area contributed by atoms with E-state index < -0.39 is 11.9 Å². The third kappa shape index (κ3) is 3.97. The summed E-state index contributed by atoms with van der Waals surface area (Å²) in [5, 5.41) is 3.30. The van der Waals surface area contributed by atoms with Gasteiger partial charge in [0.15, 0.2) is 0 Å². The molecule has 0 unspecified atom stereocenters. The van der Waals surface area contributed by atoms with Crippen LogP contribution in [0, 0.1) is 0 Å². The van der Waals surface area contributed by atoms with E-state index in [-0.39, 0.29) is 11.9 Å². The molecule has 3 heterocycles. The highest BCUT2D eigenvalue weighted by Gasteiger charge is 2.33. The van der Waals surface area contributed by atoms with Crippen molar-refractivity contribution in [2.24, 2.45) is 0 Å². The molecule has 0 fully saturated rings. The molecule has 9 heteroatoms. The topological polar surface area (TPSA) is 66.8 Å². The van der Waals surface area contributed by atoms with Crippen LogP contribution in [0.15, 0.2) is 18.7 Å². The summed E-state index contributed by atoms with van der Waals surface area (Å²) in [7, 11) is 0. The molecule has 2 aromatic rings. The average Bonchev–Trinajstić information content (AvgIpc) is 2.77. The molecule has 1 N–H and O–H groups in total. The van der Waals surface area contributed by atoms with Gasteiger partial charge in [0, 0.05) is 37.2 Å². The largest absolute Gasteiger partial charge is 0.433 e. The second-order valence-corrected chi connectivity index (χ2v) is 6.19. The molecule has 0 spiro atoms. The van der Waals surface area contributed by atoms with Crippen LogP contribution >= 0.6 is 0 Å². The number of hydrogen-bond donors (Lipinski definition) is 1. The number of fused-ring (bicyclic) bond motifs is 1. The minimum absolute atomic E-state index is 0.231. The quantitative estimate of drug-likeness (QED) is 0.916. The average molecular weight is 352 g/mol. The van der Waals surface area contributed by atoms with E-state index in [1.807, 2.05) is 18.7 Å². The molecule has 0 radical (unpaired) electrons. The number of alkyl halides is 3. The highest BCUT2D eigenvalue weighted by Crippen LogP contribution is 2.30. The first-order valence-electron chi connectivity index (χ1n) is 8.08. The van der Waals surface area contributed by atoms with Gasteiger partial charge in [-0.15, -0.1) is 0 Å². The van der Waals surface area contributed by atoms with E-state index in [0.717, 1.165) is 29.5 Å². The van der Waals surface area contributed by atoms with Gasteiger partial charge in [0.2, 0.25) is 0 Å². The highest BCUT2D eigenvalue weighted by atomic mass is 19.4. The molecule has 134 valence electrons. The van der Waals surface area contributed by atoms with Crippen LogP contribution in [0.4, 0.5) is 24.8 Å². The maximum atomic E-state index is 12.9. The van der Waals surface area contributed by atoms with Crippen molar-refractivity contribution in [3.05, 3.63) is 35.7 Å². The van der Waals surface area contributed by atoms with Crippen LogP contribution in [0.3, 0.4) is 0 Å². The summed E-state index contributed by atoms with van der Waals surface area (Å²) in [6, 6.07) is 1.23. The van der Waals surface area contributed by atoms with Gasteiger partial charge >= 0.3 is 6.18 Å². The van der Waals surface area contributed by atoms with Crippen LogP contribution in [-0.4, -0.2) is 39.1 Å². The molecule has 2 aromatic heterocycles. The Morgan fingerprint density at radius 2 is 1.76 bits per heavy atom. The van der Waals surface area contributed by atoms with Crippen molar-refractivity contribution in [2.45, 2.75) is 38.9 Å². The maximum absolute atomic E-state index is 12.9. The van der Waals surface area contributed by atoms with Crippen LogP contribution in [0.5, 0.6) is 0 Å². The van der Waals surface area contributed by atoms with Gasteiger partial charge in [-0.05, 0) is 20.3 Å². The molecule has 0 saturated heterocycles. The van der Waals surface area contributed by atoms with E-state index in [4.69, 9.17) is 0 Å². The van der Waals surface area contributed by atoms with Crippen molar-refractivity contribution < 1.29 is 13.2 Å². The zero-order valence-corrected chi connectivity index (χ0v) is 14.0. The minimum atomic E-state index is -4.48. The van der Waals surface area contributed by atoms with Crippen molar-refractivity contribution in [2.75, 3.05) is 23.3 Å². The summed E-state index contributed by atoms with van der Waals surface area (Å²) in [6.07, 6.45) is -0.744. The first-order valence-corrected chi connectivity index (χ1v) is 8.08. The fourth-order valence-electron chi connectivity index (χ4n) is 2.83. The molecular formula is C16H19F3N6. The Morgan fingerprint density at radius 1 is 1.04 bits per heavy atom. The van der Waals surface area contributed by atoms with Crippen LogP contribution in [0.25, 0.3) is 0 Å². The summed E-state index contributed by atoms with van der Waals surface area (Å²) in [6.45, 7) is 5.13. The van der Waals surface area contributed by atoms with Crippen molar-refractivity contribution >= 4 is 11.6 Å². The predicted molar refractivity (Wildman–Crippen MR) is 87.4 cm³/mol. The van der Waals surface area contributed by atoms with Gasteiger partial charge in [-0.3, -0.25) is 0 Å². The molecule has 0 bridgehead atoms. The fourth-order valence-corrected chi connectivity index (χ4v) is 2.83. The molecule has 1 aliphatic heterocycles. The normalized spacial score (nSPS) is 15.0. The summed E-state index contributed by atoms with van der Waals surface area (Å²) >= 11 is 0. The summed E-state index contributed by atoms with van der Waals surface area (Å²) < 4.78 is 38.6. The SMILES string of the molecule is CC(C)Nc1ncnc2c1CCN(c1cc(C(F)(F)F)ncn1)CC2. The first-order chi connectivity index (χ1) is 11.8. The van der Waals surface area contributed by atoms with E-state index in [9.17, 15) is 13.2 Å². The van der Waals surface area contributed by atoms with Crippen LogP contribution in [0.2, 0.25) is 0 Å². The van der Waals surface area contributed by atoms with Gasteiger partial charge in [0.05, 0.1) is 5.69 Å². The Bertz CT molecular complexity index is 747. The van der Waals surface area contributed by atoms with E-state index in [2.05, 4.69) is 25.3 Å². The smallest absolute Gasteiger partial charge is 0.368 e. The second kappa shape index (κ2) is 6.81. The van der Waals surface area contributed by atoms with Crippen molar-refractivity contribution in [1.82, 2.24) is 19.9 Å². The highest BCUT2D eigenvalue weighted by molar-refractivity contribution is 5.49. The molecule has 0 saturated carbocycles. The van der Waals surface area contributed by atoms with Gasteiger partial charge in [0.1, 0.15) is 30.0 Å². The predicted octanol–water partition coefficient (Wildman–Crippen LogP) is 2.71. The molecule has 6 nitrogen and oxygen atoms in total. The van der Waals surface area contributed by atoms with Crippen molar-refractivity contribution in [1.29, 1.82) is 0 Å². The monoisotopic (exact) mass is 352 g/mol. The second-order valence-electron chi connectivity index (χ2n) is 6.19. The molecular weight excluding hydrogens is 333 g/mol. The Balaban J connectivity index is 1.83. The third-order valence-corrected chi connectivity index (χ3v) is 3.98. The molecule has 0 aromatic carbocycles. The van der Waals surface area contributed by atoms with E-state index in [1.165, 1.54) is 6.33 Å². The molecule has 3 rings (SSSR count). The standard InChI is InChI=1S/C16H19F3N6/c1-10(2)24-15-11-3-5-25(6-4-12(11)20-8-23-15)14-7-13(16(17,18)19)21-9-22-14/h7-10H,3-6H2,1-2H3,(H,20,23,24). The van der Waals surface area contributed by atoms with E-state index >= 15 is 0 Å². The van der Waals surface area contributed by atoms with Gasteiger partial charge in [-0.1, -0.05) is 0 Å². The number of hydrogen-bond acceptors (Lipinski definition) is 6. The maximum Gasteiger partial charge on any atom is 0.433 e. The zero-order valence-electron chi connectivity index (χ0n) is 14.0. The van der Waals surface area contributed by atoms with Gasteiger partial charge in [-0.25, -0.2) is 19.9 Å². The van der Waals surface area contributed by atoms with Crippen molar-refractivity contribution in [3.63, 3.8) is 0 Å². The van der Waals surface area contributed by atoms with Gasteiger partial charge in [-0.2, -0.15) is 13.2 Å². The summed E-state index contributed by atoms with van der Waals surface area (Å²) in [5.74, 6) is 1.07. The number of anilines is 2. The molecule has 0 amide bonds. The summed E-state index contributed by atoms with van der Waals surface area (Å²) in [4.78, 5) is 17.8. The Labute approximate surface area is 143 Å². The van der Waals surface area contributed by atoms with Crippen LogP contribution in [-0.2, 0) is 19.0 Å². The third-order valence-electron chi connectivity index (χ3n) is 3.98. The van der Waals surface area contributed by atoms with Gasteiger partial charge < -0.3 is 10.2 Å². The Kier molecular flexibility index (Phi) is 4.73.